The van der Waals surface area contributed by atoms with E-state index >= 15 is 0 Å². The topological polar surface area (TPSA) is 177 Å². The number of rotatable bonds is 7. The first-order valence-electron chi connectivity index (χ1n) is 8.18. The fraction of sp³-hybridized carbons (Fsp3) is 0.571. The van der Waals surface area contributed by atoms with Crippen molar-refractivity contribution in [2.24, 2.45) is 5.92 Å². The van der Waals surface area contributed by atoms with Crippen LogP contribution in [0.5, 0.6) is 0 Å². The van der Waals surface area contributed by atoms with Gasteiger partial charge in [-0.05, 0) is 6.42 Å². The molecule has 12 nitrogen and oxygen atoms in total. The Labute approximate surface area is 158 Å². The number of aromatic nitrogens is 2. The van der Waals surface area contributed by atoms with Gasteiger partial charge in [0.15, 0.2) is 6.23 Å². The largest absolute Gasteiger partial charge is 0.374 e. The van der Waals surface area contributed by atoms with E-state index in [1.165, 1.54) is 7.11 Å². The van der Waals surface area contributed by atoms with Gasteiger partial charge in [-0.2, -0.15) is 0 Å². The highest BCUT2D eigenvalue weighted by Gasteiger charge is 2.61. The van der Waals surface area contributed by atoms with E-state index in [1.807, 2.05) is 0 Å². The zero-order valence-corrected chi connectivity index (χ0v) is 16.4. The molecule has 2 heterocycles. The van der Waals surface area contributed by atoms with Gasteiger partial charge < -0.3 is 24.2 Å². The summed E-state index contributed by atoms with van der Waals surface area (Å²) in [5.74, 6) is 0.0423. The van der Waals surface area contributed by atoms with Gasteiger partial charge in [-0.15, -0.1) is 0 Å². The fourth-order valence-electron chi connectivity index (χ4n) is 3.39. The molecular formula is C14H20N2O10P2. The molecule has 1 aromatic heterocycles. The number of methoxy groups -OCH3 is 1. The Bertz CT molecular complexity index is 967. The van der Waals surface area contributed by atoms with Gasteiger partial charge in [0.05, 0.1) is 11.8 Å². The highest BCUT2D eigenvalue weighted by atomic mass is 31.2. The molecule has 1 aliphatic heterocycles. The Morgan fingerprint density at radius 1 is 1.32 bits per heavy atom. The fourth-order valence-corrected chi connectivity index (χ4v) is 5.25. The number of aromatic amines is 1. The van der Waals surface area contributed by atoms with Gasteiger partial charge in [-0.3, -0.25) is 28.0 Å². The van der Waals surface area contributed by atoms with E-state index in [2.05, 4.69) is 11.6 Å². The summed E-state index contributed by atoms with van der Waals surface area (Å²) in [7, 11) is -7.39. The Morgan fingerprint density at radius 2 is 2.00 bits per heavy atom. The van der Waals surface area contributed by atoms with Crippen molar-refractivity contribution in [1.82, 2.24) is 9.55 Å². The van der Waals surface area contributed by atoms with Crippen LogP contribution in [-0.2, 0) is 23.1 Å². The van der Waals surface area contributed by atoms with Crippen LogP contribution >= 0.6 is 15.2 Å². The molecule has 2 fully saturated rings. The molecule has 0 amide bonds. The first-order chi connectivity index (χ1) is 13.0. The molecule has 156 valence electrons. The molecule has 1 saturated heterocycles. The molecule has 0 bridgehead atoms. The summed E-state index contributed by atoms with van der Waals surface area (Å²) in [6, 6.07) is 1.08. The minimum absolute atomic E-state index is 0.113. The molecule has 1 saturated carbocycles. The molecule has 3 rings (SSSR count). The van der Waals surface area contributed by atoms with Gasteiger partial charge in [0.25, 0.3) is 5.56 Å². The second-order valence-corrected chi connectivity index (χ2v) is 10.1. The van der Waals surface area contributed by atoms with Crippen LogP contribution in [0.25, 0.3) is 0 Å². The van der Waals surface area contributed by atoms with Crippen LogP contribution in [0.1, 0.15) is 12.6 Å². The maximum absolute atomic E-state index is 12.1. The molecule has 4 N–H and O–H groups in total. The number of hydrogen-bond acceptors (Lipinski definition) is 7. The van der Waals surface area contributed by atoms with Gasteiger partial charge in [-0.25, -0.2) is 4.79 Å². The van der Waals surface area contributed by atoms with E-state index in [0.717, 1.165) is 16.8 Å². The minimum Gasteiger partial charge on any atom is -0.374 e. The van der Waals surface area contributed by atoms with E-state index in [0.29, 0.717) is 5.82 Å². The molecule has 0 spiro atoms. The Balaban J connectivity index is 1.99. The van der Waals surface area contributed by atoms with Crippen molar-refractivity contribution in [2.45, 2.75) is 36.6 Å². The van der Waals surface area contributed by atoms with Gasteiger partial charge in [-0.1, -0.05) is 6.58 Å². The zero-order valence-electron chi connectivity index (χ0n) is 14.7. The monoisotopic (exact) mass is 438 g/mol. The van der Waals surface area contributed by atoms with Crippen molar-refractivity contribution in [3.05, 3.63) is 45.5 Å². The normalized spacial score (nSPS) is 34.7. The van der Waals surface area contributed by atoms with E-state index < -0.39 is 62.6 Å². The van der Waals surface area contributed by atoms with Crippen molar-refractivity contribution < 1.29 is 37.8 Å². The Kier molecular flexibility index (Phi) is 5.70. The quantitative estimate of drug-likeness (QED) is 0.414. The average molecular weight is 438 g/mol. The van der Waals surface area contributed by atoms with Crippen molar-refractivity contribution in [1.29, 1.82) is 0 Å². The standard InChI is InChI=1S/C14H20N2O10P2/c1-3-27(19,20)26-11-10(7-6-8(7)28(21,22)23)25-13(12(11)24-2)16-5-4-9(17)15-14(16)18/h3-5,7-8,10-13H,1,6H2,2H3,(H,19,20)(H,15,17,18)(H2,21,22,23). The summed E-state index contributed by atoms with van der Waals surface area (Å²) in [5, 5.41) is 0. The van der Waals surface area contributed by atoms with E-state index in [1.54, 1.807) is 0 Å². The highest BCUT2D eigenvalue weighted by Crippen LogP contribution is 2.62. The molecular weight excluding hydrogens is 418 g/mol. The maximum Gasteiger partial charge on any atom is 0.351 e. The first-order valence-corrected chi connectivity index (χ1v) is 11.5. The average Bonchev–Trinajstić information content (AvgIpc) is 3.32. The lowest BCUT2D eigenvalue weighted by atomic mass is 10.1. The summed E-state index contributed by atoms with van der Waals surface area (Å²) in [5.41, 5.74) is -2.43. The molecule has 14 heteroatoms. The first kappa shape index (κ1) is 21.4. The maximum atomic E-state index is 12.1. The van der Waals surface area contributed by atoms with Crippen LogP contribution in [0.15, 0.2) is 34.2 Å². The van der Waals surface area contributed by atoms with Crippen LogP contribution < -0.4 is 11.2 Å². The zero-order chi connectivity index (χ0) is 20.9. The molecule has 7 atom stereocenters. The summed E-state index contributed by atoms with van der Waals surface area (Å²) in [6.07, 6.45) is -3.21. The molecule has 1 aliphatic carbocycles. The lowest BCUT2D eigenvalue weighted by Gasteiger charge is -2.24. The molecule has 2 aliphatic rings. The molecule has 0 radical (unpaired) electrons. The van der Waals surface area contributed by atoms with Crippen LogP contribution in [-0.4, -0.2) is 55.3 Å². The van der Waals surface area contributed by atoms with E-state index in [9.17, 15) is 33.4 Å². The second-order valence-electron chi connectivity index (χ2n) is 6.58. The van der Waals surface area contributed by atoms with Crippen molar-refractivity contribution in [3.63, 3.8) is 0 Å². The van der Waals surface area contributed by atoms with Crippen LogP contribution in [0, 0.1) is 5.92 Å². The highest BCUT2D eigenvalue weighted by molar-refractivity contribution is 7.56. The molecule has 7 unspecified atom stereocenters. The van der Waals surface area contributed by atoms with E-state index in [4.69, 9.17) is 14.0 Å². The summed E-state index contributed by atoms with van der Waals surface area (Å²) >= 11 is 0. The predicted molar refractivity (Wildman–Crippen MR) is 94.9 cm³/mol. The van der Waals surface area contributed by atoms with Crippen LogP contribution in [0.3, 0.4) is 0 Å². The smallest absolute Gasteiger partial charge is 0.351 e. The van der Waals surface area contributed by atoms with Crippen molar-refractivity contribution in [2.75, 3.05) is 7.11 Å². The molecule has 28 heavy (non-hydrogen) atoms. The third-order valence-corrected chi connectivity index (χ3v) is 7.25. The third kappa shape index (κ3) is 4.14. The lowest BCUT2D eigenvalue weighted by molar-refractivity contribution is -0.0570. The van der Waals surface area contributed by atoms with Gasteiger partial charge >= 0.3 is 20.9 Å². The summed E-state index contributed by atoms with van der Waals surface area (Å²) in [4.78, 5) is 54.1. The SMILES string of the molecule is C=CP(=O)(O)OC1C(C2CC2P(=O)(O)O)OC(n2ccc(=O)[nH]c2=O)C1OC. The molecule has 0 aromatic carbocycles. The Morgan fingerprint density at radius 3 is 2.50 bits per heavy atom. The predicted octanol–water partition coefficient (Wildman–Crippen LogP) is -0.271. The lowest BCUT2D eigenvalue weighted by Crippen LogP contribution is -2.39. The number of nitrogens with zero attached hydrogens (tertiary/aromatic N) is 1. The van der Waals surface area contributed by atoms with Crippen molar-refractivity contribution >= 4 is 15.2 Å². The number of ether oxygens (including phenoxy) is 2. The Hall–Kier alpha value is -1.36. The van der Waals surface area contributed by atoms with Gasteiger partial charge in [0, 0.05) is 31.1 Å². The second kappa shape index (κ2) is 7.47. The molecule has 1 aromatic rings. The third-order valence-electron chi connectivity index (χ3n) is 4.78. The van der Waals surface area contributed by atoms with Crippen LogP contribution in [0.2, 0.25) is 0 Å². The summed E-state index contributed by atoms with van der Waals surface area (Å²) < 4.78 is 41.0. The number of H-pyrrole nitrogens is 1. The number of nitrogens with one attached hydrogen (secondary N) is 1. The summed E-state index contributed by atoms with van der Waals surface area (Å²) in [6.45, 7) is 3.23. The van der Waals surface area contributed by atoms with E-state index in [-0.39, 0.29) is 6.42 Å². The van der Waals surface area contributed by atoms with Gasteiger partial charge in [0.1, 0.15) is 12.2 Å². The van der Waals surface area contributed by atoms with Crippen LogP contribution in [0.4, 0.5) is 0 Å². The number of hydrogen-bond donors (Lipinski definition) is 4. The van der Waals surface area contributed by atoms with Gasteiger partial charge in [0.2, 0.25) is 0 Å². The van der Waals surface area contributed by atoms with Crippen molar-refractivity contribution in [3.8, 4) is 0 Å². The minimum atomic E-state index is -4.40.